The molecule has 1 radical (unpaired) electrons. The van der Waals surface area contributed by atoms with Crippen LogP contribution < -0.4 is 9.80 Å². The monoisotopic (exact) mass is 781 g/mol. The predicted molar refractivity (Wildman–Crippen MR) is 254 cm³/mol. The molecule has 0 atom stereocenters. The van der Waals surface area contributed by atoms with Crippen molar-refractivity contribution in [3.8, 4) is 22.3 Å². The normalized spacial score (nSPS) is 16.4. The van der Waals surface area contributed by atoms with Crippen LogP contribution in [0.4, 0.5) is 22.7 Å². The van der Waals surface area contributed by atoms with Crippen LogP contribution in [0, 0.1) is 6.04 Å². The van der Waals surface area contributed by atoms with Gasteiger partial charge < -0.3 is 9.80 Å². The molecule has 0 bridgehead atoms. The molecule has 7 aromatic carbocycles. The summed E-state index contributed by atoms with van der Waals surface area (Å²) in [5, 5.41) is 0. The molecular weight excluding hydrogens is 725 g/mol. The molecule has 3 aliphatic rings. The molecule has 0 spiro atoms. The van der Waals surface area contributed by atoms with Crippen LogP contribution in [0.1, 0.15) is 131 Å². The third-order valence-electron chi connectivity index (χ3n) is 14.2. The van der Waals surface area contributed by atoms with Crippen molar-refractivity contribution in [3.63, 3.8) is 0 Å². The first kappa shape index (κ1) is 38.3. The van der Waals surface area contributed by atoms with Crippen LogP contribution in [0.5, 0.6) is 0 Å². The second-order valence-electron chi connectivity index (χ2n) is 19.6. The third kappa shape index (κ3) is 5.52. The van der Waals surface area contributed by atoms with Gasteiger partial charge in [-0.25, -0.2) is 0 Å². The summed E-state index contributed by atoms with van der Waals surface area (Å²) >= 11 is 0. The fourth-order valence-corrected chi connectivity index (χ4v) is 11.1. The average Bonchev–Trinajstić information content (AvgIpc) is 3.73. The average molecular weight is 782 g/mol. The number of fused-ring (bicyclic) bond motifs is 7. The molecule has 1 heterocycles. The van der Waals surface area contributed by atoms with Crippen LogP contribution in [-0.4, -0.2) is 0 Å². The highest BCUT2D eigenvalue weighted by Crippen LogP contribution is 2.56. The van der Waals surface area contributed by atoms with Gasteiger partial charge in [0.05, 0.1) is 5.54 Å². The number of hydrogen-bond acceptors (Lipinski definition) is 2. The van der Waals surface area contributed by atoms with Crippen molar-refractivity contribution in [1.82, 2.24) is 0 Å². The van der Waals surface area contributed by atoms with E-state index in [2.05, 4.69) is 231 Å². The molecule has 2 heteroatoms. The van der Waals surface area contributed by atoms with E-state index in [1.807, 2.05) is 0 Å². The SMILES string of the molecule is CC(C)c1cccc(C(C)C)c1N1[C](c2ccc(N(c3ccc4c(c3)-c3ccccc3C4(C)C)c3ccc4c(c3)C(C)(C)c3ccccc3-4)cc2)c2ccccc2C1(C)C. The zero-order valence-corrected chi connectivity index (χ0v) is 37.0. The fourth-order valence-electron chi connectivity index (χ4n) is 11.1. The van der Waals surface area contributed by atoms with Gasteiger partial charge in [0.25, 0.3) is 0 Å². The number of rotatable bonds is 7. The molecule has 299 valence electrons. The Morgan fingerprint density at radius 1 is 0.400 bits per heavy atom. The summed E-state index contributed by atoms with van der Waals surface area (Å²) in [4.78, 5) is 5.16. The van der Waals surface area contributed by atoms with E-state index in [0.29, 0.717) is 11.8 Å². The lowest BCUT2D eigenvalue weighted by Crippen LogP contribution is -2.40. The molecular formula is C58H57N2. The maximum absolute atomic E-state index is 2.68. The van der Waals surface area contributed by atoms with Crippen molar-refractivity contribution in [3.05, 3.63) is 208 Å². The van der Waals surface area contributed by atoms with E-state index in [4.69, 9.17) is 0 Å². The number of anilines is 4. The lowest BCUT2D eigenvalue weighted by Gasteiger charge is -2.42. The largest absolute Gasteiger partial charge is 0.345 e. The molecule has 0 aromatic heterocycles. The molecule has 0 N–H and O–H groups in total. The molecule has 0 unspecified atom stereocenters. The zero-order valence-electron chi connectivity index (χ0n) is 37.0. The van der Waals surface area contributed by atoms with E-state index in [9.17, 15) is 0 Å². The molecule has 0 saturated heterocycles. The predicted octanol–water partition coefficient (Wildman–Crippen LogP) is 15.7. The summed E-state index contributed by atoms with van der Waals surface area (Å²) in [5.74, 6) is 0.760. The quantitative estimate of drug-likeness (QED) is 0.159. The van der Waals surface area contributed by atoms with Gasteiger partial charge in [-0.05, 0) is 134 Å². The van der Waals surface area contributed by atoms with Crippen molar-refractivity contribution >= 4 is 22.7 Å². The van der Waals surface area contributed by atoms with E-state index in [1.165, 1.54) is 89.7 Å². The summed E-state index contributed by atoms with van der Waals surface area (Å²) < 4.78 is 0. The van der Waals surface area contributed by atoms with Crippen molar-refractivity contribution in [2.24, 2.45) is 0 Å². The topological polar surface area (TPSA) is 6.48 Å². The van der Waals surface area contributed by atoms with Crippen molar-refractivity contribution in [2.45, 2.75) is 97.4 Å². The molecule has 1 aliphatic heterocycles. The van der Waals surface area contributed by atoms with Crippen LogP contribution in [0.15, 0.2) is 152 Å². The Bertz CT molecular complexity index is 2790. The lowest BCUT2D eigenvalue weighted by atomic mass is 9.82. The first-order valence-electron chi connectivity index (χ1n) is 22.0. The molecule has 10 rings (SSSR count). The molecule has 0 saturated carbocycles. The van der Waals surface area contributed by atoms with Crippen molar-refractivity contribution in [1.29, 1.82) is 0 Å². The molecule has 2 aliphatic carbocycles. The minimum Gasteiger partial charge on any atom is -0.345 e. The second-order valence-corrected chi connectivity index (χ2v) is 19.6. The van der Waals surface area contributed by atoms with E-state index in [-0.39, 0.29) is 16.4 Å². The summed E-state index contributed by atoms with van der Waals surface area (Å²) in [6, 6.07) is 58.9. The standard InChI is InChI=1S/C58H57N2/c1-36(2)42-21-17-22-43(37(3)4)55(42)60-54(47-20-13-16-25-52(47)58(60,9)10)38-26-28-39(29-27-38)59(40-31-33-51-48(34-40)45-19-12-15-24-50(45)56(51,5)6)41-30-32-46-44-18-11-14-23-49(44)57(7,8)53(46)35-41/h11-37H,1-10H3. The third-order valence-corrected chi connectivity index (χ3v) is 14.2. The lowest BCUT2D eigenvalue weighted by molar-refractivity contribution is 0.529. The Morgan fingerprint density at radius 2 is 0.867 bits per heavy atom. The summed E-state index contributed by atoms with van der Waals surface area (Å²) in [5.41, 5.74) is 22.0. The fraction of sp³-hybridized carbons (Fsp3) is 0.259. The van der Waals surface area contributed by atoms with E-state index in [0.717, 1.165) is 11.4 Å². The minimum atomic E-state index is -0.255. The Kier molecular flexibility index (Phi) is 8.68. The van der Waals surface area contributed by atoms with Gasteiger partial charge in [0, 0.05) is 33.6 Å². The molecule has 7 aromatic rings. The van der Waals surface area contributed by atoms with Gasteiger partial charge in [-0.2, -0.15) is 0 Å². The minimum absolute atomic E-state index is 0.0572. The van der Waals surface area contributed by atoms with Crippen LogP contribution in [-0.2, 0) is 16.4 Å². The maximum atomic E-state index is 2.68. The molecule has 0 fully saturated rings. The van der Waals surface area contributed by atoms with Crippen LogP contribution in [0.3, 0.4) is 0 Å². The number of nitrogens with zero attached hydrogens (tertiary/aromatic N) is 2. The van der Waals surface area contributed by atoms with Gasteiger partial charge in [0.15, 0.2) is 0 Å². The van der Waals surface area contributed by atoms with Gasteiger partial charge in [0.2, 0.25) is 0 Å². The highest BCUT2D eigenvalue weighted by molar-refractivity contribution is 5.89. The van der Waals surface area contributed by atoms with Gasteiger partial charge in [-0.15, -0.1) is 0 Å². The number of hydrogen-bond donors (Lipinski definition) is 0. The van der Waals surface area contributed by atoms with Crippen molar-refractivity contribution < 1.29 is 0 Å². The smallest absolute Gasteiger partial charge is 0.124 e. The van der Waals surface area contributed by atoms with Gasteiger partial charge in [-0.3, -0.25) is 0 Å². The molecule has 0 amide bonds. The van der Waals surface area contributed by atoms with Crippen LogP contribution in [0.2, 0.25) is 0 Å². The summed E-state index contributed by atoms with van der Waals surface area (Å²) in [7, 11) is 0. The van der Waals surface area contributed by atoms with Gasteiger partial charge in [0.1, 0.15) is 6.04 Å². The summed E-state index contributed by atoms with van der Waals surface area (Å²) in [6.07, 6.45) is 0. The van der Waals surface area contributed by atoms with Gasteiger partial charge >= 0.3 is 0 Å². The molecule has 2 nitrogen and oxygen atoms in total. The number of benzene rings is 7. The van der Waals surface area contributed by atoms with E-state index >= 15 is 0 Å². The second kappa shape index (κ2) is 13.6. The van der Waals surface area contributed by atoms with Crippen LogP contribution in [0.25, 0.3) is 22.3 Å². The first-order valence-corrected chi connectivity index (χ1v) is 22.0. The Hall–Kier alpha value is -5.86. The highest BCUT2D eigenvalue weighted by atomic mass is 15.3. The van der Waals surface area contributed by atoms with E-state index in [1.54, 1.807) is 0 Å². The Morgan fingerprint density at radius 3 is 1.48 bits per heavy atom. The summed E-state index contributed by atoms with van der Waals surface area (Å²) in [6.45, 7) is 23.6. The Balaban J connectivity index is 1.15. The first-order chi connectivity index (χ1) is 28.7. The Labute approximate surface area is 358 Å². The van der Waals surface area contributed by atoms with Gasteiger partial charge in [-0.1, -0.05) is 171 Å². The van der Waals surface area contributed by atoms with Crippen LogP contribution >= 0.6 is 0 Å². The molecule has 60 heavy (non-hydrogen) atoms. The zero-order chi connectivity index (χ0) is 41.9. The maximum Gasteiger partial charge on any atom is 0.124 e. The van der Waals surface area contributed by atoms with E-state index < -0.39 is 0 Å². The number of para-hydroxylation sites is 1. The highest BCUT2D eigenvalue weighted by Gasteiger charge is 2.47. The van der Waals surface area contributed by atoms with Crippen molar-refractivity contribution in [2.75, 3.05) is 9.80 Å².